The fourth-order valence-electron chi connectivity index (χ4n) is 13.5. The van der Waals surface area contributed by atoms with Crippen LogP contribution in [0, 0.1) is 0 Å². The summed E-state index contributed by atoms with van der Waals surface area (Å²) in [6.45, 7) is 5.03. The monoisotopic (exact) mass is 1230 g/mol. The molecule has 0 fully saturated rings. The van der Waals surface area contributed by atoms with Crippen molar-refractivity contribution in [2.45, 2.75) is 495 Å². The molecule has 6 nitrogen and oxygen atoms in total. The summed E-state index contributed by atoms with van der Waals surface area (Å²) in [6.07, 6.45) is 96.3. The Morgan fingerprint density at radius 2 is 0.471 bits per heavy atom. The van der Waals surface area contributed by atoms with Crippen molar-refractivity contribution in [3.63, 3.8) is 0 Å². The summed E-state index contributed by atoms with van der Waals surface area (Å²) >= 11 is 0. The van der Waals surface area contributed by atoms with Gasteiger partial charge in [0.15, 0.2) is 0 Å². The Kier molecular flexibility index (Phi) is 76.3. The van der Waals surface area contributed by atoms with Gasteiger partial charge in [-0.1, -0.05) is 444 Å². The maximum absolute atomic E-state index is 12.6. The van der Waals surface area contributed by atoms with Gasteiger partial charge in [-0.15, -0.1) is 0 Å². The lowest BCUT2D eigenvalue weighted by molar-refractivity contribution is -0.143. The normalized spacial score (nSPS) is 12.4. The molecule has 0 aromatic rings. The van der Waals surface area contributed by atoms with E-state index in [4.69, 9.17) is 4.74 Å². The summed E-state index contributed by atoms with van der Waals surface area (Å²) in [5.41, 5.74) is 0. The van der Waals surface area contributed by atoms with E-state index in [1.54, 1.807) is 0 Å². The molecule has 0 rings (SSSR count). The summed E-state index contributed by atoms with van der Waals surface area (Å²) in [5, 5.41) is 23.5. The number of ether oxygens (including phenoxy) is 1. The van der Waals surface area contributed by atoms with Crippen molar-refractivity contribution < 1.29 is 24.5 Å². The van der Waals surface area contributed by atoms with Gasteiger partial charge in [-0.2, -0.15) is 0 Å². The van der Waals surface area contributed by atoms with Gasteiger partial charge in [0.1, 0.15) is 0 Å². The van der Waals surface area contributed by atoms with E-state index in [1.807, 2.05) is 0 Å². The van der Waals surface area contributed by atoms with Crippen molar-refractivity contribution in [2.75, 3.05) is 13.2 Å². The number of hydrogen-bond acceptors (Lipinski definition) is 5. The molecule has 0 bridgehead atoms. The van der Waals surface area contributed by atoms with E-state index in [2.05, 4.69) is 19.2 Å². The third-order valence-electron chi connectivity index (χ3n) is 19.7. The number of carbonyl (C=O) groups excluding carboxylic acids is 2. The Balaban J connectivity index is 3.32. The number of carbonyl (C=O) groups is 2. The first-order valence-corrected chi connectivity index (χ1v) is 40.8. The van der Waals surface area contributed by atoms with Crippen molar-refractivity contribution >= 4 is 11.9 Å². The zero-order valence-corrected chi connectivity index (χ0v) is 59.8. The van der Waals surface area contributed by atoms with E-state index < -0.39 is 12.1 Å². The average Bonchev–Trinajstić information content (AvgIpc) is 3.58. The van der Waals surface area contributed by atoms with Gasteiger partial charge in [-0.25, -0.2) is 0 Å². The third-order valence-corrected chi connectivity index (χ3v) is 19.7. The van der Waals surface area contributed by atoms with Crippen LogP contribution in [-0.4, -0.2) is 47.4 Å². The molecule has 2 atom stereocenters. The van der Waals surface area contributed by atoms with Crippen LogP contribution in [0.4, 0.5) is 0 Å². The fourth-order valence-corrected chi connectivity index (χ4v) is 13.5. The molecule has 3 N–H and O–H groups in total. The summed E-state index contributed by atoms with van der Waals surface area (Å²) in [4.78, 5) is 24.7. The molecule has 2 unspecified atom stereocenters. The van der Waals surface area contributed by atoms with Crippen molar-refractivity contribution in [1.82, 2.24) is 5.32 Å². The number of unbranched alkanes of at least 4 members (excludes halogenated alkanes) is 67. The second-order valence-electron chi connectivity index (χ2n) is 28.5. The molecule has 520 valence electrons. The highest BCUT2D eigenvalue weighted by Gasteiger charge is 2.20. The summed E-state index contributed by atoms with van der Waals surface area (Å²) < 4.78 is 5.52. The minimum absolute atomic E-state index is 0.0245. The Hall–Kier alpha value is -1.14. The fraction of sp³-hybridized carbons (Fsp3) is 0.975. The van der Waals surface area contributed by atoms with E-state index in [-0.39, 0.29) is 18.5 Å². The zero-order chi connectivity index (χ0) is 62.8. The maximum Gasteiger partial charge on any atom is 0.305 e. The van der Waals surface area contributed by atoms with Crippen LogP contribution in [0.3, 0.4) is 0 Å². The molecular weight excluding hydrogens is 1070 g/mol. The van der Waals surface area contributed by atoms with Crippen LogP contribution in [-0.2, 0) is 14.3 Å². The largest absolute Gasteiger partial charge is 0.466 e. The molecule has 1 amide bonds. The number of rotatable bonds is 78. The molecule has 0 aliphatic rings. The number of nitrogens with one attached hydrogen (secondary N) is 1. The van der Waals surface area contributed by atoms with Crippen LogP contribution in [0.15, 0.2) is 0 Å². The summed E-state index contributed by atoms with van der Waals surface area (Å²) in [6, 6.07) is -0.539. The van der Waals surface area contributed by atoms with Crippen molar-refractivity contribution in [3.8, 4) is 0 Å². The Morgan fingerprint density at radius 3 is 0.701 bits per heavy atom. The van der Waals surface area contributed by atoms with E-state index in [9.17, 15) is 19.8 Å². The predicted octanol–water partition coefficient (Wildman–Crippen LogP) is 26.9. The van der Waals surface area contributed by atoms with Crippen LogP contribution < -0.4 is 5.32 Å². The third kappa shape index (κ3) is 73.8. The van der Waals surface area contributed by atoms with Gasteiger partial charge in [-0.05, 0) is 25.7 Å². The van der Waals surface area contributed by atoms with Gasteiger partial charge >= 0.3 is 5.97 Å². The van der Waals surface area contributed by atoms with Gasteiger partial charge < -0.3 is 20.3 Å². The number of aliphatic hydroxyl groups is 2. The van der Waals surface area contributed by atoms with Gasteiger partial charge in [0.2, 0.25) is 5.91 Å². The minimum atomic E-state index is -0.662. The van der Waals surface area contributed by atoms with Gasteiger partial charge in [0.25, 0.3) is 0 Å². The maximum atomic E-state index is 12.6. The van der Waals surface area contributed by atoms with Crippen molar-refractivity contribution in [2.24, 2.45) is 0 Å². The molecule has 0 aliphatic heterocycles. The minimum Gasteiger partial charge on any atom is -0.466 e. The highest BCUT2D eigenvalue weighted by Crippen LogP contribution is 2.21. The molecule has 0 saturated carbocycles. The molecular formula is C81H161NO5. The highest BCUT2D eigenvalue weighted by molar-refractivity contribution is 5.76. The van der Waals surface area contributed by atoms with Crippen molar-refractivity contribution in [1.29, 1.82) is 0 Å². The van der Waals surface area contributed by atoms with Crippen LogP contribution in [0.5, 0.6) is 0 Å². The molecule has 0 radical (unpaired) electrons. The van der Waals surface area contributed by atoms with Crippen LogP contribution in [0.1, 0.15) is 483 Å². The first-order chi connectivity index (χ1) is 43.0. The molecule has 0 saturated heterocycles. The first-order valence-electron chi connectivity index (χ1n) is 40.8. The molecule has 0 aromatic heterocycles. The summed E-state index contributed by atoms with van der Waals surface area (Å²) in [5.74, 6) is 0.00136. The van der Waals surface area contributed by atoms with Crippen LogP contribution in [0.2, 0.25) is 0 Å². The number of amides is 1. The molecule has 0 aliphatic carbocycles. The van der Waals surface area contributed by atoms with Crippen molar-refractivity contribution in [3.05, 3.63) is 0 Å². The van der Waals surface area contributed by atoms with Gasteiger partial charge in [-0.3, -0.25) is 9.59 Å². The lowest BCUT2D eigenvalue weighted by atomic mass is 10.0. The van der Waals surface area contributed by atoms with Gasteiger partial charge in [0, 0.05) is 12.8 Å². The van der Waals surface area contributed by atoms with E-state index in [0.717, 1.165) is 38.5 Å². The lowest BCUT2D eigenvalue weighted by Crippen LogP contribution is -2.45. The Morgan fingerprint density at radius 1 is 0.276 bits per heavy atom. The number of aliphatic hydroxyl groups excluding tert-OH is 2. The second-order valence-corrected chi connectivity index (χ2v) is 28.5. The molecule has 0 heterocycles. The number of hydrogen-bond donors (Lipinski definition) is 3. The van der Waals surface area contributed by atoms with Crippen LogP contribution >= 0.6 is 0 Å². The lowest BCUT2D eigenvalue weighted by Gasteiger charge is -2.22. The molecule has 0 spiro atoms. The quantitative estimate of drug-likeness (QED) is 0.0417. The topological polar surface area (TPSA) is 95.9 Å². The number of esters is 1. The van der Waals surface area contributed by atoms with E-state index >= 15 is 0 Å². The highest BCUT2D eigenvalue weighted by atomic mass is 16.5. The Labute approximate surface area is 547 Å². The SMILES string of the molecule is CCCCCCCCCCCCCCCCCCCCCCCCCC(O)C(CO)NC(=O)CCCCCCCCCCCCCCCCCCCCCCCCCCCCCCCCOC(=O)CCCCCCCCCCCCCCCCCCC. The summed E-state index contributed by atoms with van der Waals surface area (Å²) in [7, 11) is 0. The first kappa shape index (κ1) is 85.9. The Bertz CT molecular complexity index is 1280. The van der Waals surface area contributed by atoms with Crippen LogP contribution in [0.25, 0.3) is 0 Å². The zero-order valence-electron chi connectivity index (χ0n) is 59.8. The van der Waals surface area contributed by atoms with E-state index in [1.165, 1.54) is 411 Å². The smallest absolute Gasteiger partial charge is 0.305 e. The molecule has 87 heavy (non-hydrogen) atoms. The standard InChI is InChI=1S/C81H161NO5/c1-3-5-7-9-11-13-15-17-19-21-22-23-32-35-38-42-45-49-53-57-61-65-69-73-79(84)78(77-83)82-80(85)74-70-66-62-58-54-50-46-43-39-36-33-30-28-26-24-25-27-29-31-34-37-40-44-48-52-56-60-64-68-72-76-87-81(86)75-71-67-63-59-55-51-47-41-20-18-16-14-12-10-8-6-4-2/h78-79,83-84H,3-77H2,1-2H3,(H,82,85). The van der Waals surface area contributed by atoms with Gasteiger partial charge in [0.05, 0.1) is 25.4 Å². The average molecular weight is 1230 g/mol. The predicted molar refractivity (Wildman–Crippen MR) is 384 cm³/mol. The molecule has 6 heteroatoms. The molecule has 0 aromatic carbocycles. The second kappa shape index (κ2) is 77.3. The van der Waals surface area contributed by atoms with E-state index in [0.29, 0.717) is 25.9 Å².